The van der Waals surface area contributed by atoms with Crippen molar-refractivity contribution < 1.29 is 48.7 Å². The van der Waals surface area contributed by atoms with Gasteiger partial charge in [-0.25, -0.2) is 4.99 Å². The largest absolute Gasteiger partial charge is 0.507 e. The molecule has 1 spiro atoms. The van der Waals surface area contributed by atoms with Crippen molar-refractivity contribution in [3.05, 3.63) is 58.0 Å². The Balaban J connectivity index is 1.50. The third-order valence-corrected chi connectivity index (χ3v) is 12.5. The zero-order chi connectivity index (χ0) is 43.8. The van der Waals surface area contributed by atoms with Crippen LogP contribution in [-0.2, 0) is 23.9 Å². The Bertz CT molecular complexity index is 2270. The van der Waals surface area contributed by atoms with Crippen LogP contribution in [0, 0.1) is 36.5 Å². The maximum absolute atomic E-state index is 14.6. The van der Waals surface area contributed by atoms with Crippen molar-refractivity contribution in [3.8, 4) is 17.2 Å². The lowest BCUT2D eigenvalue weighted by atomic mass is 9.80. The van der Waals surface area contributed by atoms with Gasteiger partial charge in [-0.2, -0.15) is 0 Å². The Morgan fingerprint density at radius 1 is 1.07 bits per heavy atom. The molecule has 14 nitrogen and oxygen atoms in total. The van der Waals surface area contributed by atoms with Crippen molar-refractivity contribution >= 4 is 40.4 Å². The van der Waals surface area contributed by atoms with Crippen LogP contribution < -0.4 is 20.8 Å². The smallest absolute Gasteiger partial charge is 0.313 e. The van der Waals surface area contributed by atoms with Gasteiger partial charge >= 0.3 is 11.8 Å². The number of hydrogen-bond acceptors (Lipinski definition) is 13. The monoisotopic (exact) mass is 828 g/mol. The summed E-state index contributed by atoms with van der Waals surface area (Å²) in [6, 6.07) is 0. The molecule has 60 heavy (non-hydrogen) atoms. The number of aldehydes is 1. The number of aromatic hydroxyl groups is 2. The summed E-state index contributed by atoms with van der Waals surface area (Å²) in [5, 5.41) is 39.2. The molecule has 14 heteroatoms. The number of benzene rings is 2. The first-order chi connectivity index (χ1) is 28.3. The molecule has 7 atom stereocenters. The topological polar surface area (TPSA) is 197 Å². The average Bonchev–Trinajstić information content (AvgIpc) is 3.69. The second kappa shape index (κ2) is 17.5. The molecule has 2 aromatic carbocycles. The van der Waals surface area contributed by atoms with E-state index < -0.39 is 59.4 Å². The van der Waals surface area contributed by atoms with E-state index in [1.165, 1.54) is 13.2 Å². The number of ether oxygens (including phenoxy) is 3. The molecule has 0 saturated carbocycles. The number of hydrogen-bond donors (Lipinski definition) is 4. The molecular weight excluding hydrogens is 769 g/mol. The van der Waals surface area contributed by atoms with Gasteiger partial charge in [0.15, 0.2) is 5.75 Å². The summed E-state index contributed by atoms with van der Waals surface area (Å²) in [5.74, 6) is -5.17. The van der Waals surface area contributed by atoms with Crippen molar-refractivity contribution in [2.75, 3.05) is 25.0 Å². The van der Waals surface area contributed by atoms with Gasteiger partial charge in [0.05, 0.1) is 29.0 Å². The van der Waals surface area contributed by atoms with Crippen molar-refractivity contribution in [2.45, 2.75) is 118 Å². The number of rotatable bonds is 5. The molecule has 0 aromatic heterocycles. The minimum absolute atomic E-state index is 0.0168. The fourth-order valence-corrected chi connectivity index (χ4v) is 9.11. The summed E-state index contributed by atoms with van der Waals surface area (Å²) >= 11 is 0. The van der Waals surface area contributed by atoms with Gasteiger partial charge < -0.3 is 44.5 Å². The van der Waals surface area contributed by atoms with E-state index >= 15 is 0 Å². The molecular formula is C46H60N4O10. The highest BCUT2D eigenvalue weighted by atomic mass is 16.7. The van der Waals surface area contributed by atoms with Crippen molar-refractivity contribution in [2.24, 2.45) is 39.6 Å². The highest BCUT2D eigenvalue weighted by Crippen LogP contribution is 2.51. The minimum atomic E-state index is -1.89. The minimum Gasteiger partial charge on any atom is -0.507 e. The van der Waals surface area contributed by atoms with Crippen LogP contribution in [-0.4, -0.2) is 87.5 Å². The summed E-state index contributed by atoms with van der Waals surface area (Å²) in [7, 11) is 0. The lowest BCUT2D eigenvalue weighted by Crippen LogP contribution is -2.47. The van der Waals surface area contributed by atoms with Gasteiger partial charge in [-0.05, 0) is 56.4 Å². The molecule has 5 aliphatic rings. The number of carbonyl (C=O) groups excluding carboxylic acids is 4. The second-order valence-electron chi connectivity index (χ2n) is 17.9. The number of anilines is 1. The molecule has 2 aromatic rings. The number of likely N-dealkylation sites (tertiary alicyclic amines) is 1. The van der Waals surface area contributed by atoms with Crippen molar-refractivity contribution in [1.29, 1.82) is 0 Å². The van der Waals surface area contributed by atoms with E-state index in [0.717, 1.165) is 19.6 Å². The number of esters is 1. The van der Waals surface area contributed by atoms with Crippen LogP contribution in [0.25, 0.3) is 10.8 Å². The van der Waals surface area contributed by atoms with Gasteiger partial charge in [-0.1, -0.05) is 59.8 Å². The van der Waals surface area contributed by atoms with E-state index in [4.69, 9.17) is 19.2 Å². The van der Waals surface area contributed by atoms with E-state index in [1.807, 2.05) is 33.8 Å². The highest BCUT2D eigenvalue weighted by Gasteiger charge is 2.50. The second-order valence-corrected chi connectivity index (χ2v) is 17.9. The van der Waals surface area contributed by atoms with Crippen LogP contribution >= 0.6 is 0 Å². The maximum Gasteiger partial charge on any atom is 0.313 e. The molecule has 0 aliphatic carbocycles. The molecule has 1 fully saturated rings. The lowest BCUT2D eigenvalue weighted by molar-refractivity contribution is -0.158. The van der Waals surface area contributed by atoms with Gasteiger partial charge in [0.25, 0.3) is 11.7 Å². The van der Waals surface area contributed by atoms with Crippen molar-refractivity contribution in [3.63, 3.8) is 0 Å². The van der Waals surface area contributed by atoms with Gasteiger partial charge in [-0.3, -0.25) is 19.4 Å². The Morgan fingerprint density at radius 3 is 2.43 bits per heavy atom. The van der Waals surface area contributed by atoms with E-state index in [0.29, 0.717) is 43.6 Å². The Morgan fingerprint density at radius 2 is 1.77 bits per heavy atom. The summed E-state index contributed by atoms with van der Waals surface area (Å²) in [5.41, 5.74) is 0.0636. The Hall–Kier alpha value is -5.08. The number of amides is 1. The average molecular weight is 829 g/mol. The number of phenols is 2. The van der Waals surface area contributed by atoms with Crippen LogP contribution in [0.5, 0.6) is 17.2 Å². The fourth-order valence-electron chi connectivity index (χ4n) is 9.11. The van der Waals surface area contributed by atoms with Gasteiger partial charge in [0.2, 0.25) is 0 Å². The molecule has 0 radical (unpaired) electrons. The van der Waals surface area contributed by atoms with Crippen LogP contribution in [0.15, 0.2) is 46.1 Å². The lowest BCUT2D eigenvalue weighted by Gasteiger charge is -2.38. The normalized spacial score (nSPS) is 30.4. The molecule has 4 N–H and O–H groups in total. The quantitative estimate of drug-likeness (QED) is 0.124. The number of aliphatic hydroxyl groups excluding tert-OH is 1. The zero-order valence-corrected chi connectivity index (χ0v) is 36.2. The van der Waals surface area contributed by atoms with E-state index in [1.54, 1.807) is 32.1 Å². The number of Topliss-reactive ketones (excluding diaryl/α,β-unsaturated/α-hetero) is 1. The third-order valence-electron chi connectivity index (χ3n) is 12.5. The number of piperidine rings is 1. The predicted molar refractivity (Wildman–Crippen MR) is 225 cm³/mol. The zero-order valence-electron chi connectivity index (χ0n) is 36.2. The number of ketones is 1. The molecule has 1 amide bonds. The standard InChI is InChI=1S/C46H60N4O10/c1-24(2)23-50-18-16-46(17-19-50)48-35-32-33-39(54)30(8)42-34(32)43(56)45(9,60-42)58-21-11-14-26(4)41(59-31(52)15-20-51)29(7)38(53)28(6)22-25(3)12-10-13-27(5)44(57)47-37(40(33)55)36(35)49-46/h10-13,20-21,24-26,28-29,38,41,48,53-55H,14-19,22-23H2,1-9H3/b12-10+,21-11+,27-13-,47-37?/t25?,26-,28-,29-,38?,41?,45?/m1/s1. The Labute approximate surface area is 351 Å². The maximum atomic E-state index is 14.6. The summed E-state index contributed by atoms with van der Waals surface area (Å²) < 4.78 is 18.1. The van der Waals surface area contributed by atoms with Gasteiger partial charge in [-0.15, -0.1) is 0 Å². The number of nitrogens with one attached hydrogen (secondary N) is 1. The van der Waals surface area contributed by atoms with Gasteiger partial charge in [0, 0.05) is 61.8 Å². The summed E-state index contributed by atoms with van der Waals surface area (Å²) in [4.78, 5) is 64.2. The summed E-state index contributed by atoms with van der Waals surface area (Å²) in [6.45, 7) is 19.0. The summed E-state index contributed by atoms with van der Waals surface area (Å²) in [6.07, 6.45) is 8.84. The first-order valence-corrected chi connectivity index (χ1v) is 21.1. The molecule has 1 saturated heterocycles. The first-order valence-electron chi connectivity index (χ1n) is 21.1. The van der Waals surface area contributed by atoms with Crippen molar-refractivity contribution in [1.82, 2.24) is 4.90 Å². The van der Waals surface area contributed by atoms with E-state index in [2.05, 4.69) is 29.1 Å². The number of nitrogens with zero attached hydrogens (tertiary/aromatic N) is 3. The highest BCUT2D eigenvalue weighted by molar-refractivity contribution is 6.21. The number of fused-ring (bicyclic) bond motifs is 13. The van der Waals surface area contributed by atoms with Crippen LogP contribution in [0.3, 0.4) is 0 Å². The van der Waals surface area contributed by atoms with E-state index in [9.17, 15) is 34.5 Å². The number of aliphatic hydroxyl groups is 1. The van der Waals surface area contributed by atoms with Crippen LogP contribution in [0.1, 0.15) is 103 Å². The van der Waals surface area contributed by atoms with Gasteiger partial charge in [0.1, 0.15) is 46.7 Å². The molecule has 7 rings (SSSR count). The molecule has 5 heterocycles. The first kappa shape index (κ1) is 44.5. The molecule has 324 valence electrons. The molecule has 5 bridgehead atoms. The van der Waals surface area contributed by atoms with Crippen LogP contribution in [0.4, 0.5) is 5.69 Å². The van der Waals surface area contributed by atoms with Crippen LogP contribution in [0.2, 0.25) is 0 Å². The third kappa shape index (κ3) is 8.58. The van der Waals surface area contributed by atoms with E-state index in [-0.39, 0.29) is 67.4 Å². The predicted octanol–water partition coefficient (Wildman–Crippen LogP) is 5.72. The Kier molecular flexibility index (Phi) is 13.0. The SMILES string of the molecule is C/C1=C/C=C/C(C)C[C@@H](C)C(O)[C@@H](C)C(OC(=O)CC=O)[C@H](C)C/C=C/OC2(C)Oc3c(C)c(O)c4c(O)c(c5c(c4c3C2=O)NC2(CCN(CC(C)C)CC2)N=5)=NC1=O. The molecule has 5 aliphatic heterocycles. The number of allylic oxidation sites excluding steroid dienone is 4. The number of carbonyl (C=O) groups is 4. The number of phenolic OH excluding ortho intramolecular Hbond substituents is 2. The molecule has 4 unspecified atom stereocenters. The fraction of sp³-hybridized carbons (Fsp3) is 0.565.